The summed E-state index contributed by atoms with van der Waals surface area (Å²) in [4.78, 5) is 48.5. The van der Waals surface area contributed by atoms with E-state index in [0.717, 1.165) is 7.11 Å². The summed E-state index contributed by atoms with van der Waals surface area (Å²) in [5.74, 6) is -1.53. The van der Waals surface area contributed by atoms with E-state index < -0.39 is 37.0 Å². The maximum absolute atomic E-state index is 12.3. The van der Waals surface area contributed by atoms with Crippen LogP contribution in [0.25, 0.3) is 0 Å². The van der Waals surface area contributed by atoms with Crippen molar-refractivity contribution in [1.82, 2.24) is 20.9 Å². The predicted molar refractivity (Wildman–Crippen MR) is 89.7 cm³/mol. The van der Waals surface area contributed by atoms with Gasteiger partial charge in [0.2, 0.25) is 0 Å². The highest BCUT2D eigenvalue weighted by Gasteiger charge is 2.28. The molecule has 2 rings (SSSR count). The van der Waals surface area contributed by atoms with Crippen molar-refractivity contribution >= 4 is 23.9 Å². The van der Waals surface area contributed by atoms with Gasteiger partial charge < -0.3 is 20.7 Å². The summed E-state index contributed by atoms with van der Waals surface area (Å²) in [7, 11) is 1.14. The van der Waals surface area contributed by atoms with Gasteiger partial charge in [0.05, 0.1) is 25.7 Å². The molecule has 136 valence electrons. The third-order valence-electron chi connectivity index (χ3n) is 3.30. The third kappa shape index (κ3) is 6.20. The van der Waals surface area contributed by atoms with Crippen LogP contribution in [0.15, 0.2) is 0 Å². The molecular formula is C17H18N4O5. The quantitative estimate of drug-likeness (QED) is 0.565. The molecule has 2 saturated carbocycles. The highest BCUT2D eigenvalue weighted by atomic mass is 16.5. The molecule has 2 fully saturated rings. The van der Waals surface area contributed by atoms with Crippen LogP contribution in [0, 0.1) is 63.5 Å². The second-order valence-electron chi connectivity index (χ2n) is 5.14. The Hall–Kier alpha value is -2.32. The summed E-state index contributed by atoms with van der Waals surface area (Å²) in [6, 6.07) is -0.376. The molecule has 9 nitrogen and oxygen atoms in total. The smallest absolute Gasteiger partial charge is 0.325 e. The molecule has 0 aliphatic heterocycles. The van der Waals surface area contributed by atoms with Crippen molar-refractivity contribution in [3.63, 3.8) is 0 Å². The van der Waals surface area contributed by atoms with E-state index in [4.69, 9.17) is 0 Å². The van der Waals surface area contributed by atoms with Gasteiger partial charge in [0.25, 0.3) is 5.91 Å². The molecule has 0 aromatic rings. The van der Waals surface area contributed by atoms with Gasteiger partial charge in [-0.1, -0.05) is 0 Å². The van der Waals surface area contributed by atoms with Crippen molar-refractivity contribution in [3.05, 3.63) is 63.5 Å². The monoisotopic (exact) mass is 358 g/mol. The fourth-order valence-electron chi connectivity index (χ4n) is 2.00. The Balaban J connectivity index is 1.85. The second-order valence-corrected chi connectivity index (χ2v) is 5.14. The molecule has 0 unspecified atom stereocenters. The van der Waals surface area contributed by atoms with Gasteiger partial charge in [-0.25, -0.2) is 9.59 Å². The predicted octanol–water partition coefficient (Wildman–Crippen LogP) is -0.278. The first-order valence-electron chi connectivity index (χ1n) is 7.66. The zero-order chi connectivity index (χ0) is 18.9. The number of amides is 5. The molecule has 0 aromatic heterocycles. The van der Waals surface area contributed by atoms with Gasteiger partial charge in [0, 0.05) is 0 Å². The average molecular weight is 358 g/mol. The van der Waals surface area contributed by atoms with Crippen LogP contribution in [0.2, 0.25) is 0 Å². The molecule has 10 radical (unpaired) electrons. The van der Waals surface area contributed by atoms with Crippen LogP contribution in [-0.2, 0) is 14.3 Å². The Kier molecular flexibility index (Phi) is 7.68. The topological polar surface area (TPSA) is 117 Å². The number of rotatable bonds is 6. The van der Waals surface area contributed by atoms with Gasteiger partial charge in [-0.2, -0.15) is 0 Å². The summed E-state index contributed by atoms with van der Waals surface area (Å²) < 4.78 is 4.50. The van der Waals surface area contributed by atoms with Crippen molar-refractivity contribution in [2.24, 2.45) is 0 Å². The highest BCUT2D eigenvalue weighted by Crippen LogP contribution is 2.20. The minimum absolute atomic E-state index is 0.472. The molecule has 3 N–H and O–H groups in total. The maximum atomic E-state index is 12.3. The Labute approximate surface area is 153 Å². The van der Waals surface area contributed by atoms with Crippen LogP contribution in [0.3, 0.4) is 0 Å². The van der Waals surface area contributed by atoms with E-state index in [-0.39, 0.29) is 0 Å². The molecule has 2 aliphatic carbocycles. The first-order valence-corrected chi connectivity index (χ1v) is 7.66. The number of urea groups is 2. The summed E-state index contributed by atoms with van der Waals surface area (Å²) in [5, 5.41) is 7.34. The highest BCUT2D eigenvalue weighted by molar-refractivity contribution is 5.99. The Morgan fingerprint density at radius 1 is 0.923 bits per heavy atom. The molecule has 0 aromatic carbocycles. The van der Waals surface area contributed by atoms with Crippen LogP contribution in [0.5, 0.6) is 0 Å². The van der Waals surface area contributed by atoms with Gasteiger partial charge >= 0.3 is 18.0 Å². The van der Waals surface area contributed by atoms with E-state index in [0.29, 0.717) is 17.0 Å². The van der Waals surface area contributed by atoms with Crippen LogP contribution >= 0.6 is 0 Å². The number of hydrogen-bond donors (Lipinski definition) is 3. The maximum Gasteiger partial charge on any atom is 0.325 e. The molecule has 9 heteroatoms. The van der Waals surface area contributed by atoms with Crippen molar-refractivity contribution in [3.8, 4) is 0 Å². The zero-order valence-electron chi connectivity index (χ0n) is 14.0. The number of imide groups is 1. The average Bonchev–Trinajstić information content (AvgIpc) is 3.31. The Morgan fingerprint density at radius 2 is 1.46 bits per heavy atom. The van der Waals surface area contributed by atoms with E-state index in [2.05, 4.69) is 20.7 Å². The zero-order valence-corrected chi connectivity index (χ0v) is 14.0. The van der Waals surface area contributed by atoms with Crippen molar-refractivity contribution in [2.75, 3.05) is 20.2 Å². The number of nitrogens with one attached hydrogen (secondary N) is 3. The van der Waals surface area contributed by atoms with Crippen molar-refractivity contribution in [1.29, 1.82) is 0 Å². The summed E-state index contributed by atoms with van der Waals surface area (Å²) in [6.07, 6.45) is 13.5. The lowest BCUT2D eigenvalue weighted by atomic mass is 10.2. The molecule has 0 heterocycles. The normalized spacial score (nSPS) is 17.6. The molecule has 0 saturated heterocycles. The number of nitrogens with zero attached hydrogens (tertiary/aromatic N) is 1. The molecule has 0 spiro atoms. The molecule has 26 heavy (non-hydrogen) atoms. The lowest BCUT2D eigenvalue weighted by Gasteiger charge is -2.22. The standard InChI is InChI=1S/C17H18N4O5/c1-26-15(23)11-21(17(25)20-13-8-4-5-9-13)14(22)10-18-16(24)19-12-6-2-3-7-12/h2-9H,10-11H2,1H3,(H,20,25)(H2,18,19,24). The van der Waals surface area contributed by atoms with Gasteiger partial charge in [-0.05, 0) is 51.4 Å². The van der Waals surface area contributed by atoms with Gasteiger partial charge in [-0.3, -0.25) is 14.5 Å². The Morgan fingerprint density at radius 3 is 2.00 bits per heavy atom. The number of methoxy groups -OCH3 is 1. The summed E-state index contributed by atoms with van der Waals surface area (Å²) in [5.41, 5.74) is 0. The lowest BCUT2D eigenvalue weighted by Crippen LogP contribution is -2.51. The minimum Gasteiger partial charge on any atom is -0.468 e. The lowest BCUT2D eigenvalue weighted by molar-refractivity contribution is -0.144. The van der Waals surface area contributed by atoms with Crippen molar-refractivity contribution in [2.45, 2.75) is 0 Å². The van der Waals surface area contributed by atoms with E-state index in [9.17, 15) is 19.2 Å². The van der Waals surface area contributed by atoms with Gasteiger partial charge in [0.15, 0.2) is 0 Å². The fourth-order valence-corrected chi connectivity index (χ4v) is 2.00. The summed E-state index contributed by atoms with van der Waals surface area (Å²) >= 11 is 0. The van der Waals surface area contributed by atoms with Crippen LogP contribution in [0.1, 0.15) is 0 Å². The third-order valence-corrected chi connectivity index (χ3v) is 3.30. The van der Waals surface area contributed by atoms with Crippen molar-refractivity contribution < 1.29 is 23.9 Å². The minimum atomic E-state index is -0.801. The van der Waals surface area contributed by atoms with Crippen LogP contribution < -0.4 is 16.0 Å². The first-order chi connectivity index (χ1) is 12.5. The van der Waals surface area contributed by atoms with Gasteiger partial charge in [-0.15, -0.1) is 0 Å². The van der Waals surface area contributed by atoms with E-state index in [1.54, 1.807) is 51.4 Å². The molecule has 2 aliphatic rings. The number of carbonyl (C=O) groups is 4. The largest absolute Gasteiger partial charge is 0.468 e. The SMILES string of the molecule is COC(=O)CN(C(=O)CNC(=O)N[C]1[CH][CH][CH][CH]1)C(=O)N[C]1[CH][CH][CH][CH]1. The van der Waals surface area contributed by atoms with Crippen LogP contribution in [0.4, 0.5) is 9.59 Å². The summed E-state index contributed by atoms with van der Waals surface area (Å²) in [6.45, 7) is -1.05. The van der Waals surface area contributed by atoms with E-state index in [1.165, 1.54) is 0 Å². The number of hydrogen-bond acceptors (Lipinski definition) is 5. The fraction of sp³-hybridized carbons (Fsp3) is 0.176. The van der Waals surface area contributed by atoms with Gasteiger partial charge in [0.1, 0.15) is 6.54 Å². The number of ether oxygens (including phenoxy) is 1. The molecule has 0 atom stereocenters. The molecular weight excluding hydrogens is 340 g/mol. The first kappa shape index (κ1) is 20.0. The second kappa shape index (κ2) is 9.98. The van der Waals surface area contributed by atoms with E-state index in [1.807, 2.05) is 0 Å². The Bertz CT molecular complexity index is 527. The molecule has 0 bridgehead atoms. The van der Waals surface area contributed by atoms with Crippen LogP contribution in [-0.4, -0.2) is 49.0 Å². The number of esters is 1. The van der Waals surface area contributed by atoms with E-state index >= 15 is 0 Å². The number of carbonyl (C=O) groups excluding carboxylic acids is 4. The molecule has 5 amide bonds.